The van der Waals surface area contributed by atoms with Gasteiger partial charge in [-0.15, -0.1) is 0 Å². The molecule has 0 spiro atoms. The van der Waals surface area contributed by atoms with E-state index in [1.165, 1.54) is 0 Å². The molecule has 156 valence electrons. The second-order valence-corrected chi connectivity index (χ2v) is 7.61. The van der Waals surface area contributed by atoms with E-state index in [0.29, 0.717) is 12.3 Å². The van der Waals surface area contributed by atoms with Gasteiger partial charge < -0.3 is 15.0 Å². The van der Waals surface area contributed by atoms with Crippen LogP contribution in [0.4, 0.5) is 0 Å². The largest absolute Gasteiger partial charge is 0.484 e. The smallest absolute Gasteiger partial charge is 0.261 e. The Kier molecular flexibility index (Phi) is 8.25. The van der Waals surface area contributed by atoms with E-state index < -0.39 is 6.04 Å². The zero-order chi connectivity index (χ0) is 21.4. The first-order valence-electron chi connectivity index (χ1n) is 10.1. The van der Waals surface area contributed by atoms with Crippen molar-refractivity contribution in [1.82, 2.24) is 10.2 Å². The van der Waals surface area contributed by atoms with Crippen LogP contribution in [0.3, 0.4) is 0 Å². The van der Waals surface area contributed by atoms with E-state index in [-0.39, 0.29) is 24.5 Å². The van der Waals surface area contributed by atoms with Crippen molar-refractivity contribution >= 4 is 11.8 Å². The van der Waals surface area contributed by atoms with Crippen molar-refractivity contribution in [1.29, 1.82) is 0 Å². The lowest BCUT2D eigenvalue weighted by Crippen LogP contribution is -2.50. The summed E-state index contributed by atoms with van der Waals surface area (Å²) in [7, 11) is 0. The number of nitrogens with zero attached hydrogens (tertiary/aromatic N) is 1. The molecule has 2 amide bonds. The van der Waals surface area contributed by atoms with Crippen molar-refractivity contribution in [3.05, 3.63) is 65.2 Å². The SMILES string of the molecule is CCC(C)NC(=O)C(C)N(Cc1cccc(C)c1)C(=O)COc1cccc(C)c1. The zero-order valence-corrected chi connectivity index (χ0v) is 18.1. The molecule has 0 aromatic heterocycles. The Morgan fingerprint density at radius 2 is 1.69 bits per heavy atom. The lowest BCUT2D eigenvalue weighted by Gasteiger charge is -2.29. The van der Waals surface area contributed by atoms with Gasteiger partial charge in [-0.25, -0.2) is 0 Å². The molecule has 5 heteroatoms. The summed E-state index contributed by atoms with van der Waals surface area (Å²) < 4.78 is 5.70. The topological polar surface area (TPSA) is 58.6 Å². The summed E-state index contributed by atoms with van der Waals surface area (Å²) in [4.78, 5) is 27.3. The predicted molar refractivity (Wildman–Crippen MR) is 116 cm³/mol. The molecule has 5 nitrogen and oxygen atoms in total. The Bertz CT molecular complexity index is 834. The average Bonchev–Trinajstić information content (AvgIpc) is 2.69. The van der Waals surface area contributed by atoms with Crippen LogP contribution in [0, 0.1) is 13.8 Å². The molecule has 0 radical (unpaired) electrons. The van der Waals surface area contributed by atoms with Gasteiger partial charge in [-0.3, -0.25) is 9.59 Å². The normalized spacial score (nSPS) is 12.7. The Labute approximate surface area is 174 Å². The highest BCUT2D eigenvalue weighted by Gasteiger charge is 2.27. The molecule has 0 aliphatic carbocycles. The van der Waals surface area contributed by atoms with Crippen LogP contribution in [0.5, 0.6) is 5.75 Å². The highest BCUT2D eigenvalue weighted by molar-refractivity contribution is 5.88. The first-order chi connectivity index (χ1) is 13.8. The molecule has 2 rings (SSSR count). The maximum Gasteiger partial charge on any atom is 0.261 e. The minimum absolute atomic E-state index is 0.0596. The standard InChI is InChI=1S/C24H32N2O3/c1-6-19(4)25-24(28)20(5)26(15-21-11-7-9-17(2)13-21)23(27)16-29-22-12-8-10-18(3)14-22/h7-14,19-20H,6,15-16H2,1-5H3,(H,25,28). The second kappa shape index (κ2) is 10.6. The van der Waals surface area contributed by atoms with Crippen molar-refractivity contribution in [2.75, 3.05) is 6.61 Å². The Hall–Kier alpha value is -2.82. The van der Waals surface area contributed by atoms with Crippen LogP contribution < -0.4 is 10.1 Å². The number of nitrogens with one attached hydrogen (secondary N) is 1. The number of amides is 2. The van der Waals surface area contributed by atoms with Gasteiger partial charge in [0.2, 0.25) is 5.91 Å². The van der Waals surface area contributed by atoms with Gasteiger partial charge in [-0.1, -0.05) is 48.9 Å². The average molecular weight is 397 g/mol. The van der Waals surface area contributed by atoms with Crippen LogP contribution in [0.15, 0.2) is 48.5 Å². The van der Waals surface area contributed by atoms with Gasteiger partial charge in [0.15, 0.2) is 6.61 Å². The summed E-state index contributed by atoms with van der Waals surface area (Å²) in [5.74, 6) is 0.265. The molecular formula is C24H32N2O3. The van der Waals surface area contributed by atoms with Gasteiger partial charge >= 0.3 is 0 Å². The van der Waals surface area contributed by atoms with Crippen molar-refractivity contribution in [2.24, 2.45) is 0 Å². The molecule has 2 unspecified atom stereocenters. The molecular weight excluding hydrogens is 364 g/mol. The van der Waals surface area contributed by atoms with Gasteiger partial charge in [-0.2, -0.15) is 0 Å². The number of rotatable bonds is 9. The maximum absolute atomic E-state index is 13.0. The van der Waals surface area contributed by atoms with Crippen LogP contribution in [0.2, 0.25) is 0 Å². The Balaban J connectivity index is 2.15. The summed E-state index contributed by atoms with van der Waals surface area (Å²) >= 11 is 0. The molecule has 0 saturated heterocycles. The second-order valence-electron chi connectivity index (χ2n) is 7.61. The lowest BCUT2D eigenvalue weighted by atomic mass is 10.1. The number of hydrogen-bond acceptors (Lipinski definition) is 3. The monoisotopic (exact) mass is 396 g/mol. The van der Waals surface area contributed by atoms with Gasteiger partial charge in [0.1, 0.15) is 11.8 Å². The minimum atomic E-state index is -0.599. The number of hydrogen-bond donors (Lipinski definition) is 1. The lowest BCUT2D eigenvalue weighted by molar-refractivity contribution is -0.142. The molecule has 0 fully saturated rings. The summed E-state index contributed by atoms with van der Waals surface area (Å²) in [6, 6.07) is 15.0. The molecule has 29 heavy (non-hydrogen) atoms. The molecule has 0 aliphatic rings. The summed E-state index contributed by atoms with van der Waals surface area (Å²) in [5, 5.41) is 2.97. The van der Waals surface area contributed by atoms with Crippen LogP contribution in [-0.2, 0) is 16.1 Å². The highest BCUT2D eigenvalue weighted by Crippen LogP contribution is 2.15. The summed E-state index contributed by atoms with van der Waals surface area (Å²) in [6.45, 7) is 9.95. The molecule has 2 aromatic rings. The van der Waals surface area contributed by atoms with Crippen molar-refractivity contribution in [2.45, 2.75) is 59.7 Å². The number of benzene rings is 2. The van der Waals surface area contributed by atoms with Gasteiger partial charge in [0.25, 0.3) is 5.91 Å². The number of ether oxygens (including phenoxy) is 1. The number of carbonyl (C=O) groups excluding carboxylic acids is 2. The highest BCUT2D eigenvalue weighted by atomic mass is 16.5. The van der Waals surface area contributed by atoms with E-state index in [0.717, 1.165) is 23.1 Å². The molecule has 0 bridgehead atoms. The third-order valence-corrected chi connectivity index (χ3v) is 4.96. The fraction of sp³-hybridized carbons (Fsp3) is 0.417. The fourth-order valence-electron chi connectivity index (χ4n) is 2.99. The molecule has 0 heterocycles. The van der Waals surface area contributed by atoms with E-state index in [1.807, 2.05) is 76.2 Å². The fourth-order valence-corrected chi connectivity index (χ4v) is 2.99. The van der Waals surface area contributed by atoms with Crippen LogP contribution in [0.25, 0.3) is 0 Å². The van der Waals surface area contributed by atoms with Crippen molar-refractivity contribution in [3.63, 3.8) is 0 Å². The van der Waals surface area contributed by atoms with E-state index in [4.69, 9.17) is 4.74 Å². The third-order valence-electron chi connectivity index (χ3n) is 4.96. The van der Waals surface area contributed by atoms with Gasteiger partial charge in [-0.05, 0) is 57.4 Å². The molecule has 2 aromatic carbocycles. The summed E-state index contributed by atoms with van der Waals surface area (Å²) in [5.41, 5.74) is 3.16. The molecule has 1 N–H and O–H groups in total. The van der Waals surface area contributed by atoms with Crippen LogP contribution >= 0.6 is 0 Å². The zero-order valence-electron chi connectivity index (χ0n) is 18.1. The quantitative estimate of drug-likeness (QED) is 0.697. The minimum Gasteiger partial charge on any atom is -0.484 e. The van der Waals surface area contributed by atoms with Gasteiger partial charge in [0.05, 0.1) is 0 Å². The number of carbonyl (C=O) groups is 2. The van der Waals surface area contributed by atoms with E-state index in [1.54, 1.807) is 11.8 Å². The third kappa shape index (κ3) is 6.93. The molecule has 0 saturated carbocycles. The van der Waals surface area contributed by atoms with E-state index >= 15 is 0 Å². The van der Waals surface area contributed by atoms with Crippen molar-refractivity contribution in [3.8, 4) is 5.75 Å². The predicted octanol–water partition coefficient (Wildman–Crippen LogP) is 4.01. The Morgan fingerprint density at radius 1 is 1.03 bits per heavy atom. The Morgan fingerprint density at radius 3 is 2.31 bits per heavy atom. The van der Waals surface area contributed by atoms with Crippen LogP contribution in [-0.4, -0.2) is 35.4 Å². The van der Waals surface area contributed by atoms with Gasteiger partial charge in [0, 0.05) is 12.6 Å². The van der Waals surface area contributed by atoms with Crippen LogP contribution in [0.1, 0.15) is 43.9 Å². The van der Waals surface area contributed by atoms with E-state index in [9.17, 15) is 9.59 Å². The summed E-state index contributed by atoms with van der Waals surface area (Å²) in [6.07, 6.45) is 0.834. The maximum atomic E-state index is 13.0. The number of aryl methyl sites for hydroxylation is 2. The van der Waals surface area contributed by atoms with Crippen molar-refractivity contribution < 1.29 is 14.3 Å². The van der Waals surface area contributed by atoms with E-state index in [2.05, 4.69) is 5.32 Å². The molecule has 0 aliphatic heterocycles. The first kappa shape index (κ1) is 22.5. The first-order valence-corrected chi connectivity index (χ1v) is 10.1. The molecule has 2 atom stereocenters.